The molecule has 5 nitrogen and oxygen atoms in total. The zero-order chi connectivity index (χ0) is 16.1. The summed E-state index contributed by atoms with van der Waals surface area (Å²) in [5, 5.41) is 14.8. The highest BCUT2D eigenvalue weighted by atomic mass is 15.3. The first-order valence-corrected chi connectivity index (χ1v) is 8.54. The van der Waals surface area contributed by atoms with Gasteiger partial charge in [-0.1, -0.05) is 45.2 Å². The molecule has 1 saturated carbocycles. The molecule has 1 aliphatic carbocycles. The number of anilines is 3. The Morgan fingerprint density at radius 3 is 2.48 bits per heavy atom. The van der Waals surface area contributed by atoms with Crippen LogP contribution in [0.5, 0.6) is 0 Å². The van der Waals surface area contributed by atoms with E-state index in [1.165, 1.54) is 37.7 Å². The number of nitrogens with zero attached hydrogens (tertiary/aromatic N) is 3. The summed E-state index contributed by atoms with van der Waals surface area (Å²) in [5.41, 5.74) is 2.30. The van der Waals surface area contributed by atoms with Gasteiger partial charge in [0.2, 0.25) is 5.95 Å². The van der Waals surface area contributed by atoms with Gasteiger partial charge in [-0.25, -0.2) is 0 Å². The van der Waals surface area contributed by atoms with Crippen molar-refractivity contribution in [2.75, 3.05) is 10.6 Å². The van der Waals surface area contributed by atoms with Gasteiger partial charge in [-0.15, -0.1) is 5.10 Å². The highest BCUT2D eigenvalue weighted by Gasteiger charge is 2.14. The average molecular weight is 311 g/mol. The first-order chi connectivity index (χ1) is 11.2. The Hall–Kier alpha value is -2.17. The largest absolute Gasteiger partial charge is 0.366 e. The van der Waals surface area contributed by atoms with Crippen LogP contribution in [0.15, 0.2) is 30.5 Å². The van der Waals surface area contributed by atoms with Gasteiger partial charge in [-0.05, 0) is 36.5 Å². The first kappa shape index (κ1) is 15.7. The molecule has 2 aromatic rings. The fourth-order valence-corrected chi connectivity index (χ4v) is 2.96. The average Bonchev–Trinajstić information content (AvgIpc) is 2.57. The Morgan fingerprint density at radius 1 is 1.04 bits per heavy atom. The number of hydrogen-bond acceptors (Lipinski definition) is 5. The maximum absolute atomic E-state index is 4.52. The van der Waals surface area contributed by atoms with Gasteiger partial charge in [0.15, 0.2) is 5.82 Å². The molecule has 0 atom stereocenters. The lowest BCUT2D eigenvalue weighted by atomic mass is 9.96. The van der Waals surface area contributed by atoms with E-state index in [0.29, 0.717) is 17.9 Å². The van der Waals surface area contributed by atoms with Crippen molar-refractivity contribution in [1.82, 2.24) is 15.2 Å². The first-order valence-electron chi connectivity index (χ1n) is 8.54. The van der Waals surface area contributed by atoms with Crippen LogP contribution in [-0.2, 0) is 0 Å². The second-order valence-corrected chi connectivity index (χ2v) is 6.55. The van der Waals surface area contributed by atoms with Gasteiger partial charge in [0.25, 0.3) is 0 Å². The van der Waals surface area contributed by atoms with Gasteiger partial charge >= 0.3 is 0 Å². The minimum Gasteiger partial charge on any atom is -0.366 e. The zero-order valence-corrected chi connectivity index (χ0v) is 13.9. The number of hydrogen-bond donors (Lipinski definition) is 2. The fraction of sp³-hybridized carbons (Fsp3) is 0.500. The maximum atomic E-state index is 4.52. The van der Waals surface area contributed by atoms with Crippen LogP contribution in [-0.4, -0.2) is 21.2 Å². The van der Waals surface area contributed by atoms with Crippen LogP contribution in [0.1, 0.15) is 57.4 Å². The molecule has 2 N–H and O–H groups in total. The smallest absolute Gasteiger partial charge is 0.249 e. The molecule has 3 rings (SSSR count). The Morgan fingerprint density at radius 2 is 1.78 bits per heavy atom. The number of aromatic nitrogens is 3. The summed E-state index contributed by atoms with van der Waals surface area (Å²) in [6.45, 7) is 4.38. The molecular weight excluding hydrogens is 286 g/mol. The third-order valence-corrected chi connectivity index (χ3v) is 4.35. The van der Waals surface area contributed by atoms with Gasteiger partial charge in [0.05, 0.1) is 6.20 Å². The summed E-state index contributed by atoms with van der Waals surface area (Å²) in [7, 11) is 0. The summed E-state index contributed by atoms with van der Waals surface area (Å²) in [6, 6.07) is 8.88. The predicted molar refractivity (Wildman–Crippen MR) is 94.1 cm³/mol. The van der Waals surface area contributed by atoms with Crippen molar-refractivity contribution in [2.45, 2.75) is 57.9 Å². The SMILES string of the molecule is CC(C)c1ccc(Nc2nncc(NC3CCCCC3)n2)cc1. The minimum atomic E-state index is 0.513. The van der Waals surface area contributed by atoms with Crippen LogP contribution in [0, 0.1) is 0 Å². The molecule has 0 bridgehead atoms. The molecule has 0 aliphatic heterocycles. The Labute approximate surface area is 137 Å². The molecule has 122 valence electrons. The van der Waals surface area contributed by atoms with E-state index >= 15 is 0 Å². The lowest BCUT2D eigenvalue weighted by molar-refractivity contribution is 0.461. The van der Waals surface area contributed by atoms with E-state index in [4.69, 9.17) is 0 Å². The van der Waals surface area contributed by atoms with Gasteiger partial charge in [0.1, 0.15) is 0 Å². The number of benzene rings is 1. The van der Waals surface area contributed by atoms with Crippen LogP contribution in [0.25, 0.3) is 0 Å². The van der Waals surface area contributed by atoms with E-state index < -0.39 is 0 Å². The van der Waals surface area contributed by atoms with Crippen LogP contribution < -0.4 is 10.6 Å². The van der Waals surface area contributed by atoms with E-state index in [1.54, 1.807) is 6.20 Å². The van der Waals surface area contributed by atoms with Crippen LogP contribution in [0.3, 0.4) is 0 Å². The van der Waals surface area contributed by atoms with E-state index in [-0.39, 0.29) is 0 Å². The second-order valence-electron chi connectivity index (χ2n) is 6.55. The molecule has 1 aliphatic rings. The number of nitrogens with one attached hydrogen (secondary N) is 2. The summed E-state index contributed by atoms with van der Waals surface area (Å²) in [4.78, 5) is 4.52. The van der Waals surface area contributed by atoms with Crippen molar-refractivity contribution in [3.8, 4) is 0 Å². The zero-order valence-electron chi connectivity index (χ0n) is 13.9. The van der Waals surface area contributed by atoms with Crippen LogP contribution >= 0.6 is 0 Å². The van der Waals surface area contributed by atoms with Gasteiger partial charge in [0, 0.05) is 11.7 Å². The Kier molecular flexibility index (Phi) is 5.05. The van der Waals surface area contributed by atoms with Crippen molar-refractivity contribution in [3.05, 3.63) is 36.0 Å². The molecule has 0 amide bonds. The Bertz CT molecular complexity index is 618. The lowest BCUT2D eigenvalue weighted by Crippen LogP contribution is -2.23. The van der Waals surface area contributed by atoms with Crippen molar-refractivity contribution in [1.29, 1.82) is 0 Å². The molecule has 5 heteroatoms. The van der Waals surface area contributed by atoms with Crippen LogP contribution in [0.4, 0.5) is 17.5 Å². The monoisotopic (exact) mass is 311 g/mol. The molecule has 23 heavy (non-hydrogen) atoms. The normalized spacial score (nSPS) is 15.6. The molecule has 0 unspecified atom stereocenters. The summed E-state index contributed by atoms with van der Waals surface area (Å²) in [6.07, 6.45) is 8.06. The van der Waals surface area contributed by atoms with Crippen molar-refractivity contribution >= 4 is 17.5 Å². The number of rotatable bonds is 5. The predicted octanol–water partition coefficient (Wildman–Crippen LogP) is 4.48. The summed E-state index contributed by atoms with van der Waals surface area (Å²) >= 11 is 0. The van der Waals surface area contributed by atoms with Crippen molar-refractivity contribution in [2.24, 2.45) is 0 Å². The molecule has 1 heterocycles. The quantitative estimate of drug-likeness (QED) is 0.852. The van der Waals surface area contributed by atoms with Crippen LogP contribution in [0.2, 0.25) is 0 Å². The summed E-state index contributed by atoms with van der Waals surface area (Å²) < 4.78 is 0. The standard InChI is InChI=1S/C18H25N5/c1-13(2)14-8-10-16(11-9-14)21-18-22-17(12-19-23-18)20-15-6-4-3-5-7-15/h8-13,15H,3-7H2,1-2H3,(H2,20,21,22,23). The Balaban J connectivity index is 1.64. The third-order valence-electron chi connectivity index (χ3n) is 4.35. The molecular formula is C18H25N5. The van der Waals surface area contributed by atoms with Gasteiger partial charge in [-0.3, -0.25) is 0 Å². The van der Waals surface area contributed by atoms with Gasteiger partial charge < -0.3 is 10.6 Å². The van der Waals surface area contributed by atoms with E-state index in [2.05, 4.69) is 63.9 Å². The molecule has 0 spiro atoms. The van der Waals surface area contributed by atoms with E-state index in [1.807, 2.05) is 0 Å². The second kappa shape index (κ2) is 7.40. The summed E-state index contributed by atoms with van der Waals surface area (Å²) in [5.74, 6) is 1.86. The highest BCUT2D eigenvalue weighted by Crippen LogP contribution is 2.22. The fourth-order valence-electron chi connectivity index (χ4n) is 2.96. The molecule has 0 radical (unpaired) electrons. The maximum Gasteiger partial charge on any atom is 0.249 e. The molecule has 1 aromatic carbocycles. The third kappa shape index (κ3) is 4.41. The van der Waals surface area contributed by atoms with E-state index in [0.717, 1.165) is 11.5 Å². The van der Waals surface area contributed by atoms with Crippen molar-refractivity contribution < 1.29 is 0 Å². The highest BCUT2D eigenvalue weighted by molar-refractivity contribution is 5.54. The van der Waals surface area contributed by atoms with Crippen molar-refractivity contribution in [3.63, 3.8) is 0 Å². The molecule has 1 fully saturated rings. The van der Waals surface area contributed by atoms with E-state index in [9.17, 15) is 0 Å². The minimum absolute atomic E-state index is 0.513. The topological polar surface area (TPSA) is 62.7 Å². The lowest BCUT2D eigenvalue weighted by Gasteiger charge is -2.23. The van der Waals surface area contributed by atoms with Gasteiger partial charge in [-0.2, -0.15) is 10.1 Å². The molecule has 1 aromatic heterocycles. The molecule has 0 saturated heterocycles.